The van der Waals surface area contributed by atoms with Crippen LogP contribution in [0.3, 0.4) is 0 Å². The van der Waals surface area contributed by atoms with Gasteiger partial charge in [-0.3, -0.25) is 20.4 Å². The summed E-state index contributed by atoms with van der Waals surface area (Å²) in [6.07, 6.45) is 1.74. The van der Waals surface area contributed by atoms with Crippen molar-refractivity contribution < 1.29 is 19.1 Å². The molecule has 0 heterocycles. The van der Waals surface area contributed by atoms with Crippen LogP contribution in [-0.4, -0.2) is 25.0 Å². The van der Waals surface area contributed by atoms with Crippen LogP contribution < -0.4 is 20.3 Å². The number of unbranched alkanes of at least 4 members (excludes halogenated alkanes) is 1. The van der Waals surface area contributed by atoms with Crippen molar-refractivity contribution in [1.82, 2.24) is 10.9 Å². The number of ether oxygens (including phenoxy) is 2. The van der Waals surface area contributed by atoms with Crippen molar-refractivity contribution in [3.63, 3.8) is 0 Å². The number of rotatable bonds is 9. The molecule has 2 amide bonds. The van der Waals surface area contributed by atoms with Crippen LogP contribution in [-0.2, 0) is 9.59 Å². The topological polar surface area (TPSA) is 76.7 Å². The number of carbonyl (C=O) groups excluding carboxylic acids is 2. The summed E-state index contributed by atoms with van der Waals surface area (Å²) >= 11 is 0. The fourth-order valence-electron chi connectivity index (χ4n) is 2.53. The second kappa shape index (κ2) is 11.0. The number of benzene rings is 2. The molecular formula is C22H28N2O4. The minimum atomic E-state index is -0.406. The first kappa shape index (κ1) is 21.3. The Balaban J connectivity index is 1.56. The third-order valence-electron chi connectivity index (χ3n) is 4.10. The van der Waals surface area contributed by atoms with E-state index in [4.69, 9.17) is 9.47 Å². The third kappa shape index (κ3) is 7.70. The number of hydrogen-bond donors (Lipinski definition) is 2. The van der Waals surface area contributed by atoms with Gasteiger partial charge in [0.25, 0.3) is 5.91 Å². The van der Waals surface area contributed by atoms with Crippen LogP contribution in [0.1, 0.15) is 36.0 Å². The molecule has 2 rings (SSSR count). The average molecular weight is 384 g/mol. The van der Waals surface area contributed by atoms with Crippen molar-refractivity contribution in [2.45, 2.75) is 40.0 Å². The van der Waals surface area contributed by atoms with Gasteiger partial charge in [-0.15, -0.1) is 0 Å². The molecule has 0 radical (unpaired) electrons. The predicted molar refractivity (Wildman–Crippen MR) is 108 cm³/mol. The van der Waals surface area contributed by atoms with E-state index in [1.54, 1.807) is 0 Å². The van der Waals surface area contributed by atoms with E-state index in [0.717, 1.165) is 28.9 Å². The monoisotopic (exact) mass is 384 g/mol. The molecule has 0 fully saturated rings. The van der Waals surface area contributed by atoms with E-state index >= 15 is 0 Å². The van der Waals surface area contributed by atoms with Gasteiger partial charge in [-0.05, 0) is 68.5 Å². The Labute approximate surface area is 166 Å². The maximum atomic E-state index is 11.8. The molecule has 0 aliphatic rings. The van der Waals surface area contributed by atoms with Crippen molar-refractivity contribution in [3.05, 3.63) is 59.2 Å². The van der Waals surface area contributed by atoms with Crippen LogP contribution in [0.2, 0.25) is 0 Å². The Hall–Kier alpha value is -3.02. The second-order valence-electron chi connectivity index (χ2n) is 6.78. The Bertz CT molecular complexity index is 805. The van der Waals surface area contributed by atoms with E-state index in [1.165, 1.54) is 0 Å². The molecule has 0 aliphatic carbocycles. The zero-order valence-electron chi connectivity index (χ0n) is 16.7. The lowest BCUT2D eigenvalue weighted by Crippen LogP contribution is -2.43. The van der Waals surface area contributed by atoms with E-state index in [-0.39, 0.29) is 12.5 Å². The van der Waals surface area contributed by atoms with Gasteiger partial charge in [0, 0.05) is 6.42 Å². The Kier molecular flexibility index (Phi) is 8.34. The van der Waals surface area contributed by atoms with Crippen molar-refractivity contribution >= 4 is 11.8 Å². The predicted octanol–water partition coefficient (Wildman–Crippen LogP) is 3.39. The molecule has 2 aromatic carbocycles. The highest BCUT2D eigenvalue weighted by molar-refractivity contribution is 5.82. The van der Waals surface area contributed by atoms with Crippen molar-refractivity contribution in [2.24, 2.45) is 0 Å². The van der Waals surface area contributed by atoms with Gasteiger partial charge < -0.3 is 9.47 Å². The summed E-state index contributed by atoms with van der Waals surface area (Å²) < 4.78 is 11.1. The summed E-state index contributed by atoms with van der Waals surface area (Å²) in [6, 6.07) is 13.6. The number of amides is 2. The van der Waals surface area contributed by atoms with Gasteiger partial charge >= 0.3 is 0 Å². The van der Waals surface area contributed by atoms with E-state index in [0.29, 0.717) is 25.2 Å². The van der Waals surface area contributed by atoms with Crippen LogP contribution in [0.5, 0.6) is 11.5 Å². The highest BCUT2D eigenvalue weighted by atomic mass is 16.5. The molecule has 0 saturated carbocycles. The van der Waals surface area contributed by atoms with Crippen molar-refractivity contribution in [3.8, 4) is 11.5 Å². The molecule has 6 nitrogen and oxygen atoms in total. The first-order chi connectivity index (χ1) is 13.4. The average Bonchev–Trinajstić information content (AvgIpc) is 2.67. The van der Waals surface area contributed by atoms with Crippen molar-refractivity contribution in [1.29, 1.82) is 0 Å². The number of carbonyl (C=O) groups is 2. The van der Waals surface area contributed by atoms with Gasteiger partial charge in [-0.25, -0.2) is 0 Å². The molecule has 0 aromatic heterocycles. The SMILES string of the molecule is Cc1cccc(OCCCCC(=O)NNC(=O)COc2cc(C)ccc2C)c1. The zero-order chi connectivity index (χ0) is 20.4. The quantitative estimate of drug-likeness (QED) is 0.513. The van der Waals surface area contributed by atoms with Gasteiger partial charge in [0.15, 0.2) is 6.61 Å². The number of nitrogens with one attached hydrogen (secondary N) is 2. The summed E-state index contributed by atoms with van der Waals surface area (Å²) in [5.41, 5.74) is 7.92. The van der Waals surface area contributed by atoms with Crippen LogP contribution >= 0.6 is 0 Å². The molecular weight excluding hydrogens is 356 g/mol. The largest absolute Gasteiger partial charge is 0.494 e. The molecule has 28 heavy (non-hydrogen) atoms. The van der Waals surface area contributed by atoms with Gasteiger partial charge in [0.05, 0.1) is 6.61 Å². The number of hydrogen-bond acceptors (Lipinski definition) is 4. The molecule has 6 heteroatoms. The Morgan fingerprint density at radius 1 is 0.857 bits per heavy atom. The smallest absolute Gasteiger partial charge is 0.276 e. The van der Waals surface area contributed by atoms with Crippen LogP contribution in [0, 0.1) is 20.8 Å². The molecule has 0 unspecified atom stereocenters. The molecule has 150 valence electrons. The summed E-state index contributed by atoms with van der Waals surface area (Å²) in [5.74, 6) is 0.850. The highest BCUT2D eigenvalue weighted by Crippen LogP contribution is 2.18. The standard InChI is InChI=1S/C22H28N2O4/c1-16-7-6-8-19(13-16)27-12-5-4-9-21(25)23-24-22(26)15-28-20-14-17(2)10-11-18(20)3/h6-8,10-11,13-14H,4-5,9,12,15H2,1-3H3,(H,23,25)(H,24,26). The highest BCUT2D eigenvalue weighted by Gasteiger charge is 2.07. The van der Waals surface area contributed by atoms with Crippen LogP contribution in [0.15, 0.2) is 42.5 Å². The lowest BCUT2D eigenvalue weighted by Gasteiger charge is -2.11. The summed E-state index contributed by atoms with van der Waals surface area (Å²) in [6.45, 7) is 6.27. The normalized spacial score (nSPS) is 10.2. The maximum absolute atomic E-state index is 11.8. The summed E-state index contributed by atoms with van der Waals surface area (Å²) in [7, 11) is 0. The maximum Gasteiger partial charge on any atom is 0.276 e. The van der Waals surface area contributed by atoms with E-state index < -0.39 is 5.91 Å². The summed E-state index contributed by atoms with van der Waals surface area (Å²) in [4.78, 5) is 23.6. The minimum Gasteiger partial charge on any atom is -0.494 e. The Morgan fingerprint density at radius 3 is 2.39 bits per heavy atom. The van der Waals surface area contributed by atoms with Crippen LogP contribution in [0.25, 0.3) is 0 Å². The van der Waals surface area contributed by atoms with Gasteiger partial charge in [0.1, 0.15) is 11.5 Å². The minimum absolute atomic E-state index is 0.158. The zero-order valence-corrected chi connectivity index (χ0v) is 16.7. The van der Waals surface area contributed by atoms with Crippen molar-refractivity contribution in [2.75, 3.05) is 13.2 Å². The van der Waals surface area contributed by atoms with Gasteiger partial charge in [-0.2, -0.15) is 0 Å². The molecule has 0 bridgehead atoms. The van der Waals surface area contributed by atoms with E-state index in [2.05, 4.69) is 10.9 Å². The number of hydrazine groups is 1. The molecule has 0 aliphatic heterocycles. The molecule has 0 atom stereocenters. The Morgan fingerprint density at radius 2 is 1.61 bits per heavy atom. The van der Waals surface area contributed by atoms with E-state index in [1.807, 2.05) is 63.2 Å². The fourth-order valence-corrected chi connectivity index (χ4v) is 2.53. The third-order valence-corrected chi connectivity index (χ3v) is 4.10. The first-order valence-corrected chi connectivity index (χ1v) is 9.41. The molecule has 0 spiro atoms. The fraction of sp³-hybridized carbons (Fsp3) is 0.364. The lowest BCUT2D eigenvalue weighted by atomic mass is 10.1. The molecule has 2 N–H and O–H groups in total. The lowest BCUT2D eigenvalue weighted by molar-refractivity contribution is -0.130. The first-order valence-electron chi connectivity index (χ1n) is 9.41. The van der Waals surface area contributed by atoms with Gasteiger partial charge in [0.2, 0.25) is 5.91 Å². The summed E-state index contributed by atoms with van der Waals surface area (Å²) in [5, 5.41) is 0. The van der Waals surface area contributed by atoms with Gasteiger partial charge in [-0.1, -0.05) is 24.3 Å². The van der Waals surface area contributed by atoms with E-state index in [9.17, 15) is 9.59 Å². The number of aryl methyl sites for hydroxylation is 3. The van der Waals surface area contributed by atoms with Crippen LogP contribution in [0.4, 0.5) is 0 Å². The second-order valence-corrected chi connectivity index (χ2v) is 6.78. The molecule has 2 aromatic rings. The molecule has 0 saturated heterocycles.